The second kappa shape index (κ2) is 4.72. The third-order valence-corrected chi connectivity index (χ3v) is 1.59. The summed E-state index contributed by atoms with van der Waals surface area (Å²) in [5, 5.41) is 3.15. The van der Waals surface area contributed by atoms with Crippen LogP contribution in [0.4, 0.5) is 5.69 Å². The summed E-state index contributed by atoms with van der Waals surface area (Å²) in [4.78, 5) is 3.86. The number of hydrogen-bond acceptors (Lipinski definition) is 3. The maximum atomic E-state index is 5.08. The Kier molecular flexibility index (Phi) is 3.54. The van der Waals surface area contributed by atoms with Crippen LogP contribution in [-0.4, -0.2) is 24.7 Å². The maximum Gasteiger partial charge on any atom is 0.114 e. The van der Waals surface area contributed by atoms with Gasteiger partial charge in [-0.3, -0.25) is 4.98 Å². The minimum Gasteiger partial charge on any atom is -0.381 e. The number of nitrogens with one attached hydrogen (secondary N) is 1. The molecule has 0 saturated heterocycles. The van der Waals surface area contributed by atoms with Crippen LogP contribution in [0.3, 0.4) is 0 Å². The Labute approximate surface area is 72.8 Å². The molecule has 1 atom stereocenters. The summed E-state index contributed by atoms with van der Waals surface area (Å²) < 4.78 is 5.08. The van der Waals surface area contributed by atoms with Gasteiger partial charge in [-0.25, -0.2) is 0 Å². The summed E-state index contributed by atoms with van der Waals surface area (Å²) in [5.74, 6) is 0. The van der Waals surface area contributed by atoms with Crippen LogP contribution >= 0.6 is 0 Å². The van der Waals surface area contributed by atoms with Crippen molar-refractivity contribution >= 4 is 5.69 Å². The SMILES string of the molecule is COC(C)CNc1[c]nccc1. The highest BCUT2D eigenvalue weighted by Gasteiger charge is 1.97. The molecule has 1 aromatic rings. The summed E-state index contributed by atoms with van der Waals surface area (Å²) in [6, 6.07) is 3.80. The third kappa shape index (κ3) is 2.88. The normalized spacial score (nSPS) is 12.5. The largest absolute Gasteiger partial charge is 0.381 e. The highest BCUT2D eigenvalue weighted by Crippen LogP contribution is 2.01. The maximum absolute atomic E-state index is 5.08. The number of ether oxygens (including phenoxy) is 1. The number of pyridine rings is 1. The first-order chi connectivity index (χ1) is 5.83. The third-order valence-electron chi connectivity index (χ3n) is 1.59. The molecule has 12 heavy (non-hydrogen) atoms. The molecule has 0 aromatic carbocycles. The lowest BCUT2D eigenvalue weighted by Gasteiger charge is -2.10. The van der Waals surface area contributed by atoms with Gasteiger partial charge in [-0.2, -0.15) is 0 Å². The molecule has 0 spiro atoms. The molecule has 0 aliphatic heterocycles. The van der Waals surface area contributed by atoms with Gasteiger partial charge in [0.15, 0.2) is 0 Å². The molecule has 1 radical (unpaired) electrons. The predicted octanol–water partition coefficient (Wildman–Crippen LogP) is 1.33. The van der Waals surface area contributed by atoms with E-state index in [2.05, 4.69) is 16.5 Å². The summed E-state index contributed by atoms with van der Waals surface area (Å²) in [5.41, 5.74) is 0.904. The van der Waals surface area contributed by atoms with Gasteiger partial charge in [0, 0.05) is 19.9 Å². The first kappa shape index (κ1) is 9.00. The molecular weight excluding hydrogens is 152 g/mol. The average molecular weight is 165 g/mol. The van der Waals surface area contributed by atoms with Gasteiger partial charge in [-0.1, -0.05) is 0 Å². The van der Waals surface area contributed by atoms with Gasteiger partial charge in [-0.05, 0) is 19.1 Å². The van der Waals surface area contributed by atoms with E-state index in [0.29, 0.717) is 0 Å². The van der Waals surface area contributed by atoms with Gasteiger partial charge in [0.1, 0.15) is 6.20 Å². The summed E-state index contributed by atoms with van der Waals surface area (Å²) in [7, 11) is 1.69. The number of nitrogens with zero attached hydrogens (tertiary/aromatic N) is 1. The van der Waals surface area contributed by atoms with E-state index < -0.39 is 0 Å². The fraction of sp³-hybridized carbons (Fsp3) is 0.444. The first-order valence-electron chi connectivity index (χ1n) is 3.92. The van der Waals surface area contributed by atoms with Crippen LogP contribution in [0.15, 0.2) is 18.3 Å². The van der Waals surface area contributed by atoms with Crippen molar-refractivity contribution in [2.75, 3.05) is 19.0 Å². The Morgan fingerprint density at radius 3 is 3.17 bits per heavy atom. The minimum absolute atomic E-state index is 0.207. The van der Waals surface area contributed by atoms with Crippen molar-refractivity contribution in [2.24, 2.45) is 0 Å². The molecule has 0 bridgehead atoms. The molecule has 1 N–H and O–H groups in total. The van der Waals surface area contributed by atoms with Crippen LogP contribution in [0.25, 0.3) is 0 Å². The Hall–Kier alpha value is -1.09. The second-order valence-corrected chi connectivity index (χ2v) is 2.59. The fourth-order valence-electron chi connectivity index (χ4n) is 0.762. The Balaban J connectivity index is 2.33. The van der Waals surface area contributed by atoms with Crippen LogP contribution in [-0.2, 0) is 4.74 Å². The highest BCUT2D eigenvalue weighted by molar-refractivity contribution is 5.38. The number of hydrogen-bond donors (Lipinski definition) is 1. The molecule has 0 aliphatic carbocycles. The molecule has 0 amide bonds. The lowest BCUT2D eigenvalue weighted by molar-refractivity contribution is 0.129. The zero-order chi connectivity index (χ0) is 8.81. The van der Waals surface area contributed by atoms with Gasteiger partial charge in [0.2, 0.25) is 0 Å². The van der Waals surface area contributed by atoms with E-state index in [1.807, 2.05) is 19.1 Å². The fourth-order valence-corrected chi connectivity index (χ4v) is 0.762. The Bertz CT molecular complexity index is 213. The second-order valence-electron chi connectivity index (χ2n) is 2.59. The number of anilines is 1. The predicted molar refractivity (Wildman–Crippen MR) is 48.0 cm³/mol. The molecule has 1 heterocycles. The molecule has 3 heteroatoms. The molecule has 1 aromatic heterocycles. The van der Waals surface area contributed by atoms with Crippen molar-refractivity contribution in [1.82, 2.24) is 4.98 Å². The molecule has 1 unspecified atom stereocenters. The molecule has 65 valence electrons. The van der Waals surface area contributed by atoms with Crippen LogP contribution in [0.2, 0.25) is 0 Å². The minimum atomic E-state index is 0.207. The van der Waals surface area contributed by atoms with E-state index in [1.165, 1.54) is 0 Å². The zero-order valence-electron chi connectivity index (χ0n) is 7.37. The van der Waals surface area contributed by atoms with E-state index in [-0.39, 0.29) is 6.10 Å². The van der Waals surface area contributed by atoms with Crippen LogP contribution in [0.5, 0.6) is 0 Å². The summed E-state index contributed by atoms with van der Waals surface area (Å²) in [6.07, 6.45) is 4.74. The van der Waals surface area contributed by atoms with Crippen molar-refractivity contribution in [1.29, 1.82) is 0 Å². The Morgan fingerprint density at radius 1 is 1.75 bits per heavy atom. The highest BCUT2D eigenvalue weighted by atomic mass is 16.5. The molecule has 0 fully saturated rings. The van der Waals surface area contributed by atoms with Gasteiger partial charge in [0.25, 0.3) is 0 Å². The van der Waals surface area contributed by atoms with Crippen molar-refractivity contribution in [3.8, 4) is 0 Å². The van der Waals surface area contributed by atoms with Gasteiger partial charge in [0.05, 0.1) is 11.8 Å². The standard InChI is InChI=1S/C9H13N2O/c1-8(12-2)6-11-9-4-3-5-10-7-9/h3-5,8,11H,6H2,1-2H3. The zero-order valence-corrected chi connectivity index (χ0v) is 7.37. The van der Waals surface area contributed by atoms with Crippen molar-refractivity contribution in [3.63, 3.8) is 0 Å². The van der Waals surface area contributed by atoms with Crippen LogP contribution in [0, 0.1) is 6.20 Å². The Morgan fingerprint density at radius 2 is 2.58 bits per heavy atom. The molecular formula is C9H13N2O. The van der Waals surface area contributed by atoms with E-state index in [1.54, 1.807) is 13.3 Å². The van der Waals surface area contributed by atoms with E-state index in [4.69, 9.17) is 4.74 Å². The number of aromatic nitrogens is 1. The molecule has 0 aliphatic rings. The lowest BCUT2D eigenvalue weighted by Crippen LogP contribution is -2.18. The summed E-state index contributed by atoms with van der Waals surface area (Å²) >= 11 is 0. The van der Waals surface area contributed by atoms with Crippen molar-refractivity contribution in [3.05, 3.63) is 24.5 Å². The van der Waals surface area contributed by atoms with Gasteiger partial charge in [-0.15, -0.1) is 0 Å². The van der Waals surface area contributed by atoms with Crippen LogP contribution < -0.4 is 5.32 Å². The van der Waals surface area contributed by atoms with Crippen molar-refractivity contribution < 1.29 is 4.74 Å². The number of methoxy groups -OCH3 is 1. The summed E-state index contributed by atoms with van der Waals surface area (Å²) in [6.45, 7) is 2.78. The molecule has 3 nitrogen and oxygen atoms in total. The quantitative estimate of drug-likeness (QED) is 0.730. The average Bonchev–Trinajstić information content (AvgIpc) is 2.16. The first-order valence-corrected chi connectivity index (χ1v) is 3.92. The van der Waals surface area contributed by atoms with E-state index in [9.17, 15) is 0 Å². The van der Waals surface area contributed by atoms with Crippen LogP contribution in [0.1, 0.15) is 6.92 Å². The molecule has 0 saturated carbocycles. The van der Waals surface area contributed by atoms with E-state index in [0.717, 1.165) is 12.2 Å². The smallest absolute Gasteiger partial charge is 0.114 e. The topological polar surface area (TPSA) is 34.1 Å². The lowest BCUT2D eigenvalue weighted by atomic mass is 10.3. The van der Waals surface area contributed by atoms with Crippen molar-refractivity contribution in [2.45, 2.75) is 13.0 Å². The van der Waals surface area contributed by atoms with Gasteiger partial charge < -0.3 is 10.1 Å². The monoisotopic (exact) mass is 165 g/mol. The van der Waals surface area contributed by atoms with Gasteiger partial charge >= 0.3 is 0 Å². The number of rotatable bonds is 4. The van der Waals surface area contributed by atoms with E-state index >= 15 is 0 Å². The molecule has 1 rings (SSSR count).